The molecule has 2 aromatic carbocycles. The minimum Gasteiger partial charge on any atom is -0.454 e. The molecule has 1 N–H and O–H groups in total. The molecule has 2 aromatic rings. The highest BCUT2D eigenvalue weighted by Crippen LogP contribution is 2.33. The second-order valence-electron chi connectivity index (χ2n) is 6.73. The average molecular weight is 421 g/mol. The van der Waals surface area contributed by atoms with Crippen LogP contribution in [0.3, 0.4) is 0 Å². The number of nitrogens with zero attached hydrogens (tertiary/aromatic N) is 1. The third kappa shape index (κ3) is 3.88. The Morgan fingerprint density at radius 1 is 1.00 bits per heavy atom. The Labute approximate surface area is 172 Å². The fraction of sp³-hybridized carbons (Fsp3) is 0.300. The van der Waals surface area contributed by atoms with Crippen LogP contribution in [0.2, 0.25) is 10.0 Å². The van der Waals surface area contributed by atoms with Crippen molar-refractivity contribution in [3.05, 3.63) is 57.6 Å². The van der Waals surface area contributed by atoms with E-state index in [9.17, 15) is 9.59 Å². The van der Waals surface area contributed by atoms with Gasteiger partial charge in [-0.2, -0.15) is 0 Å². The molecule has 2 aliphatic heterocycles. The fourth-order valence-corrected chi connectivity index (χ4v) is 3.87. The molecule has 0 bridgehead atoms. The fourth-order valence-electron chi connectivity index (χ4n) is 3.38. The van der Waals surface area contributed by atoms with Gasteiger partial charge in [-0.25, -0.2) is 0 Å². The van der Waals surface area contributed by atoms with Crippen molar-refractivity contribution in [2.45, 2.75) is 18.9 Å². The van der Waals surface area contributed by atoms with Gasteiger partial charge in [-0.15, -0.1) is 0 Å². The van der Waals surface area contributed by atoms with Crippen LogP contribution in [0, 0.1) is 0 Å². The molecule has 146 valence electrons. The largest absolute Gasteiger partial charge is 0.454 e. The van der Waals surface area contributed by atoms with E-state index in [1.165, 1.54) is 0 Å². The quantitative estimate of drug-likeness (QED) is 0.820. The zero-order chi connectivity index (χ0) is 19.7. The molecule has 0 aliphatic carbocycles. The van der Waals surface area contributed by atoms with Crippen molar-refractivity contribution < 1.29 is 19.1 Å². The summed E-state index contributed by atoms with van der Waals surface area (Å²) in [5.74, 6) is 0.956. The van der Waals surface area contributed by atoms with E-state index >= 15 is 0 Å². The number of ether oxygens (including phenoxy) is 2. The highest BCUT2D eigenvalue weighted by molar-refractivity contribution is 6.36. The Kier molecular flexibility index (Phi) is 5.33. The molecule has 0 aromatic heterocycles. The molecule has 8 heteroatoms. The molecular weight excluding hydrogens is 403 g/mol. The van der Waals surface area contributed by atoms with Gasteiger partial charge in [0.05, 0.1) is 10.6 Å². The molecule has 1 saturated heterocycles. The first-order valence-corrected chi connectivity index (χ1v) is 9.72. The first kappa shape index (κ1) is 18.9. The van der Waals surface area contributed by atoms with Crippen LogP contribution in [0.1, 0.15) is 33.6 Å². The standard InChI is InChI=1S/C20H18Cl2N2O4/c21-13-2-3-15(16(22)10-13)19(25)23-14-5-7-24(8-6-14)20(26)12-1-4-17-18(9-12)28-11-27-17/h1-4,9-10,14H,5-8,11H2,(H,23,25). The average Bonchev–Trinajstić information content (AvgIpc) is 3.15. The molecule has 0 spiro atoms. The molecule has 0 atom stereocenters. The number of likely N-dealkylation sites (tertiary alicyclic amines) is 1. The molecule has 2 heterocycles. The molecule has 0 radical (unpaired) electrons. The van der Waals surface area contributed by atoms with Crippen molar-refractivity contribution in [3.63, 3.8) is 0 Å². The molecule has 2 amide bonds. The maximum Gasteiger partial charge on any atom is 0.253 e. The van der Waals surface area contributed by atoms with Gasteiger partial charge in [0.15, 0.2) is 11.5 Å². The molecule has 28 heavy (non-hydrogen) atoms. The van der Waals surface area contributed by atoms with Crippen molar-refractivity contribution in [2.75, 3.05) is 19.9 Å². The predicted molar refractivity (Wildman–Crippen MR) is 105 cm³/mol. The minimum absolute atomic E-state index is 0.0138. The number of hydrogen-bond donors (Lipinski definition) is 1. The van der Waals surface area contributed by atoms with E-state index in [1.54, 1.807) is 41.3 Å². The number of hydrogen-bond acceptors (Lipinski definition) is 4. The van der Waals surface area contributed by atoms with Crippen LogP contribution in [0.25, 0.3) is 0 Å². The molecule has 1 fully saturated rings. The summed E-state index contributed by atoms with van der Waals surface area (Å²) in [4.78, 5) is 27.0. The SMILES string of the molecule is O=C(NC1CCN(C(=O)c2ccc3c(c2)OCO3)CC1)c1ccc(Cl)cc1Cl. The second-order valence-corrected chi connectivity index (χ2v) is 7.58. The van der Waals surface area contributed by atoms with E-state index in [-0.39, 0.29) is 24.6 Å². The van der Waals surface area contributed by atoms with Crippen LogP contribution in [0.15, 0.2) is 36.4 Å². The molecule has 0 saturated carbocycles. The third-order valence-electron chi connectivity index (χ3n) is 4.91. The van der Waals surface area contributed by atoms with Crippen molar-refractivity contribution in [2.24, 2.45) is 0 Å². The van der Waals surface area contributed by atoms with E-state index in [1.807, 2.05) is 0 Å². The number of carbonyl (C=O) groups is 2. The van der Waals surface area contributed by atoms with Crippen LogP contribution in [-0.4, -0.2) is 42.6 Å². The van der Waals surface area contributed by atoms with Gasteiger partial charge < -0.3 is 19.7 Å². The number of halogens is 2. The number of carbonyl (C=O) groups excluding carboxylic acids is 2. The Bertz CT molecular complexity index is 926. The maximum atomic E-state index is 12.7. The van der Waals surface area contributed by atoms with Crippen molar-refractivity contribution in [1.82, 2.24) is 10.2 Å². The zero-order valence-electron chi connectivity index (χ0n) is 14.9. The number of rotatable bonds is 3. The normalized spacial score (nSPS) is 16.1. The summed E-state index contributed by atoms with van der Waals surface area (Å²) in [5.41, 5.74) is 0.963. The third-order valence-corrected chi connectivity index (χ3v) is 5.46. The smallest absolute Gasteiger partial charge is 0.253 e. The first-order valence-electron chi connectivity index (χ1n) is 8.96. The van der Waals surface area contributed by atoms with Gasteiger partial charge in [-0.05, 0) is 49.2 Å². The summed E-state index contributed by atoms with van der Waals surface area (Å²) in [7, 11) is 0. The van der Waals surface area contributed by atoms with Crippen LogP contribution in [0.4, 0.5) is 0 Å². The highest BCUT2D eigenvalue weighted by Gasteiger charge is 2.26. The minimum atomic E-state index is -0.234. The van der Waals surface area contributed by atoms with Gasteiger partial charge in [0, 0.05) is 29.7 Å². The first-order chi connectivity index (χ1) is 13.5. The topological polar surface area (TPSA) is 67.9 Å². The number of fused-ring (bicyclic) bond motifs is 1. The Balaban J connectivity index is 1.34. The van der Waals surface area contributed by atoms with Crippen molar-refractivity contribution in [1.29, 1.82) is 0 Å². The number of piperidine rings is 1. The van der Waals surface area contributed by atoms with E-state index in [0.29, 0.717) is 58.6 Å². The monoisotopic (exact) mass is 420 g/mol. The van der Waals surface area contributed by atoms with Crippen LogP contribution in [-0.2, 0) is 0 Å². The Morgan fingerprint density at radius 2 is 1.75 bits per heavy atom. The van der Waals surface area contributed by atoms with E-state index < -0.39 is 0 Å². The summed E-state index contributed by atoms with van der Waals surface area (Å²) in [6.07, 6.45) is 1.35. The van der Waals surface area contributed by atoms with Crippen LogP contribution >= 0.6 is 23.2 Å². The number of benzene rings is 2. The highest BCUT2D eigenvalue weighted by atomic mass is 35.5. The molecule has 6 nitrogen and oxygen atoms in total. The van der Waals surface area contributed by atoms with Crippen LogP contribution < -0.4 is 14.8 Å². The zero-order valence-corrected chi connectivity index (χ0v) is 16.4. The lowest BCUT2D eigenvalue weighted by atomic mass is 10.0. The lowest BCUT2D eigenvalue weighted by Gasteiger charge is -2.32. The molecular formula is C20H18Cl2N2O4. The number of nitrogens with one attached hydrogen (secondary N) is 1. The van der Waals surface area contributed by atoms with E-state index in [4.69, 9.17) is 32.7 Å². The van der Waals surface area contributed by atoms with Gasteiger partial charge in [0.25, 0.3) is 11.8 Å². The lowest BCUT2D eigenvalue weighted by molar-refractivity contribution is 0.0697. The van der Waals surface area contributed by atoms with Crippen molar-refractivity contribution in [3.8, 4) is 11.5 Å². The van der Waals surface area contributed by atoms with Crippen molar-refractivity contribution >= 4 is 35.0 Å². The second kappa shape index (κ2) is 7.89. The van der Waals surface area contributed by atoms with E-state index in [2.05, 4.69) is 5.32 Å². The summed E-state index contributed by atoms with van der Waals surface area (Å²) in [6.45, 7) is 1.30. The molecule has 2 aliphatic rings. The van der Waals surface area contributed by atoms with Gasteiger partial charge in [-0.1, -0.05) is 23.2 Å². The van der Waals surface area contributed by atoms with Gasteiger partial charge in [0.2, 0.25) is 6.79 Å². The summed E-state index contributed by atoms with van der Waals surface area (Å²) < 4.78 is 10.6. The van der Waals surface area contributed by atoms with Gasteiger partial charge in [-0.3, -0.25) is 9.59 Å². The van der Waals surface area contributed by atoms with Gasteiger partial charge >= 0.3 is 0 Å². The molecule has 0 unspecified atom stereocenters. The lowest BCUT2D eigenvalue weighted by Crippen LogP contribution is -2.46. The number of amides is 2. The molecule has 4 rings (SSSR count). The summed E-state index contributed by atoms with van der Waals surface area (Å²) in [5, 5.41) is 3.79. The van der Waals surface area contributed by atoms with Crippen LogP contribution in [0.5, 0.6) is 11.5 Å². The predicted octanol–water partition coefficient (Wildman–Crippen LogP) is 3.76. The maximum absolute atomic E-state index is 12.7. The Morgan fingerprint density at radius 3 is 2.50 bits per heavy atom. The summed E-state index contributed by atoms with van der Waals surface area (Å²) in [6, 6.07) is 9.98. The van der Waals surface area contributed by atoms with E-state index in [0.717, 1.165) is 0 Å². The Hall–Kier alpha value is -2.44. The van der Waals surface area contributed by atoms with Gasteiger partial charge in [0.1, 0.15) is 0 Å². The summed E-state index contributed by atoms with van der Waals surface area (Å²) >= 11 is 12.0.